The smallest absolute Gasteiger partial charge is 0.310 e. The Balaban J connectivity index is 2.48. The van der Waals surface area contributed by atoms with E-state index < -0.39 is 17.5 Å². The minimum Gasteiger partial charge on any atom is -0.546 e. The van der Waals surface area contributed by atoms with Crippen molar-refractivity contribution in [2.24, 2.45) is 16.7 Å². The Morgan fingerprint density at radius 1 is 1.47 bits per heavy atom. The number of carboxylic acid groups (broad SMARTS) is 1. The molecule has 1 saturated heterocycles. The number of esters is 1. The van der Waals surface area contributed by atoms with E-state index in [1.807, 2.05) is 20.8 Å². The van der Waals surface area contributed by atoms with Crippen molar-refractivity contribution in [3.8, 4) is 0 Å². The van der Waals surface area contributed by atoms with Crippen molar-refractivity contribution in [1.82, 2.24) is 0 Å². The lowest BCUT2D eigenvalue weighted by molar-refractivity contribution is -0.325. The monoisotopic (exact) mass is 211 g/mol. The second-order valence-electron chi connectivity index (χ2n) is 5.37. The van der Waals surface area contributed by atoms with Gasteiger partial charge in [0.1, 0.15) is 6.10 Å². The molecule has 0 aromatic heterocycles. The molecule has 4 nitrogen and oxygen atoms in total. The number of aliphatic carboxylic acids is 1. The van der Waals surface area contributed by atoms with Crippen molar-refractivity contribution >= 4 is 11.9 Å². The third kappa shape index (κ3) is 1.08. The summed E-state index contributed by atoms with van der Waals surface area (Å²) in [5.74, 6) is -1.83. The maximum atomic E-state index is 11.6. The van der Waals surface area contributed by atoms with E-state index in [4.69, 9.17) is 4.74 Å². The summed E-state index contributed by atoms with van der Waals surface area (Å²) >= 11 is 0. The average Bonchev–Trinajstić information content (AvgIpc) is 2.28. The second-order valence-corrected chi connectivity index (χ2v) is 5.37. The fourth-order valence-corrected chi connectivity index (χ4v) is 3.04. The third-order valence-electron chi connectivity index (χ3n) is 4.61. The number of hydrogen-bond donors (Lipinski definition) is 0. The number of fused-ring (bicyclic) bond motifs is 2. The summed E-state index contributed by atoms with van der Waals surface area (Å²) < 4.78 is 4.97. The molecule has 2 rings (SSSR count). The van der Waals surface area contributed by atoms with Crippen LogP contribution in [0.5, 0.6) is 0 Å². The van der Waals surface area contributed by atoms with E-state index in [9.17, 15) is 14.7 Å². The quantitative estimate of drug-likeness (QED) is 0.577. The van der Waals surface area contributed by atoms with E-state index in [-0.39, 0.29) is 17.3 Å². The highest BCUT2D eigenvalue weighted by Gasteiger charge is 2.63. The molecule has 2 bridgehead atoms. The molecular formula is C11H15O4-. The van der Waals surface area contributed by atoms with Gasteiger partial charge < -0.3 is 14.6 Å². The van der Waals surface area contributed by atoms with Crippen LogP contribution < -0.4 is 5.11 Å². The Hall–Kier alpha value is -1.06. The lowest BCUT2D eigenvalue weighted by Gasteiger charge is -2.49. The van der Waals surface area contributed by atoms with Crippen LogP contribution in [0.25, 0.3) is 0 Å². The molecule has 0 amide bonds. The third-order valence-corrected chi connectivity index (χ3v) is 4.61. The van der Waals surface area contributed by atoms with Gasteiger partial charge in [0.2, 0.25) is 0 Å². The van der Waals surface area contributed by atoms with Gasteiger partial charge >= 0.3 is 5.97 Å². The molecule has 1 saturated carbocycles. The first-order chi connectivity index (χ1) is 6.80. The summed E-state index contributed by atoms with van der Waals surface area (Å²) in [5, 5.41) is 11.0. The standard InChI is InChI=1S/C11H16O4/c1-10(2)6-4-5-11(10,3)7(8(12)13)15-9(6)14/h6-7H,4-5H2,1-3H3,(H,12,13)/p-1/t6-,7+,11-/m0/s1. The van der Waals surface area contributed by atoms with E-state index in [0.717, 1.165) is 0 Å². The van der Waals surface area contributed by atoms with Gasteiger partial charge in [0, 0.05) is 5.41 Å². The molecule has 0 aromatic rings. The van der Waals surface area contributed by atoms with Crippen LogP contribution in [0.1, 0.15) is 33.6 Å². The molecule has 84 valence electrons. The largest absolute Gasteiger partial charge is 0.546 e. The minimum atomic E-state index is -1.28. The number of carboxylic acids is 1. The van der Waals surface area contributed by atoms with Gasteiger partial charge in [0.25, 0.3) is 0 Å². The zero-order valence-corrected chi connectivity index (χ0v) is 9.20. The van der Waals surface area contributed by atoms with Crippen LogP contribution in [-0.4, -0.2) is 18.0 Å². The summed E-state index contributed by atoms with van der Waals surface area (Å²) in [6, 6.07) is 0. The van der Waals surface area contributed by atoms with Crippen molar-refractivity contribution in [2.45, 2.75) is 39.7 Å². The molecule has 4 heteroatoms. The molecule has 0 radical (unpaired) electrons. The first-order valence-corrected chi connectivity index (χ1v) is 5.22. The number of rotatable bonds is 1. The van der Waals surface area contributed by atoms with E-state index in [1.165, 1.54) is 0 Å². The van der Waals surface area contributed by atoms with Gasteiger partial charge in [0.05, 0.1) is 11.9 Å². The molecule has 1 aliphatic heterocycles. The number of carbonyl (C=O) groups excluding carboxylic acids is 2. The predicted molar refractivity (Wildman–Crippen MR) is 49.5 cm³/mol. The van der Waals surface area contributed by atoms with Gasteiger partial charge in [-0.3, -0.25) is 4.79 Å². The molecule has 0 spiro atoms. The van der Waals surface area contributed by atoms with Gasteiger partial charge in [-0.1, -0.05) is 20.8 Å². The highest BCUT2D eigenvalue weighted by molar-refractivity contribution is 5.82. The van der Waals surface area contributed by atoms with Gasteiger partial charge in [0.15, 0.2) is 0 Å². The number of carbonyl (C=O) groups is 2. The van der Waals surface area contributed by atoms with Gasteiger partial charge in [-0.05, 0) is 18.3 Å². The second kappa shape index (κ2) is 2.74. The zero-order valence-electron chi connectivity index (χ0n) is 9.20. The fraction of sp³-hybridized carbons (Fsp3) is 0.818. The Morgan fingerprint density at radius 2 is 2.07 bits per heavy atom. The maximum Gasteiger partial charge on any atom is 0.310 e. The molecule has 0 unspecified atom stereocenters. The number of cyclic esters (lactones) is 1. The summed E-state index contributed by atoms with van der Waals surface area (Å²) in [7, 11) is 0. The van der Waals surface area contributed by atoms with Gasteiger partial charge in [-0.15, -0.1) is 0 Å². The zero-order chi connectivity index (χ0) is 11.4. The Labute approximate surface area is 88.6 Å². The Kier molecular flexibility index (Phi) is 1.91. The predicted octanol–water partition coefficient (Wildman–Crippen LogP) is 0.104. The summed E-state index contributed by atoms with van der Waals surface area (Å²) in [6.07, 6.45) is 0.319. The van der Waals surface area contributed by atoms with Crippen LogP contribution in [0.2, 0.25) is 0 Å². The first-order valence-electron chi connectivity index (χ1n) is 5.22. The highest BCUT2D eigenvalue weighted by atomic mass is 16.6. The van der Waals surface area contributed by atoms with E-state index in [0.29, 0.717) is 12.8 Å². The molecule has 3 atom stereocenters. The van der Waals surface area contributed by atoms with Crippen LogP contribution in [0.3, 0.4) is 0 Å². The Morgan fingerprint density at radius 3 is 2.60 bits per heavy atom. The Bertz CT molecular complexity index is 333. The topological polar surface area (TPSA) is 66.4 Å². The SMILES string of the molecule is CC1(C)[C@H]2CC[C@@]1(C)[C@@H](C(=O)[O-])OC2=O. The molecule has 1 heterocycles. The lowest BCUT2D eigenvalue weighted by Crippen LogP contribution is -2.58. The van der Waals surface area contributed by atoms with E-state index in [1.54, 1.807) is 0 Å². The molecule has 2 aliphatic rings. The molecule has 0 aromatic carbocycles. The molecule has 15 heavy (non-hydrogen) atoms. The molecular weight excluding hydrogens is 196 g/mol. The van der Waals surface area contributed by atoms with Crippen molar-refractivity contribution in [2.75, 3.05) is 0 Å². The number of hydrogen-bond acceptors (Lipinski definition) is 4. The van der Waals surface area contributed by atoms with Gasteiger partial charge in [-0.25, -0.2) is 0 Å². The van der Waals surface area contributed by atoms with Crippen LogP contribution in [0.4, 0.5) is 0 Å². The normalized spacial score (nSPS) is 42.5. The van der Waals surface area contributed by atoms with Crippen molar-refractivity contribution in [3.05, 3.63) is 0 Å². The first kappa shape index (κ1) is 10.5. The summed E-state index contributed by atoms with van der Waals surface area (Å²) in [6.45, 7) is 5.77. The van der Waals surface area contributed by atoms with E-state index in [2.05, 4.69) is 0 Å². The van der Waals surface area contributed by atoms with Crippen LogP contribution >= 0.6 is 0 Å². The molecule has 1 aliphatic carbocycles. The molecule has 0 N–H and O–H groups in total. The molecule has 2 fully saturated rings. The number of ether oxygens (including phenoxy) is 1. The summed E-state index contributed by atoms with van der Waals surface area (Å²) in [5.41, 5.74) is -0.822. The lowest BCUT2D eigenvalue weighted by atomic mass is 9.61. The van der Waals surface area contributed by atoms with Crippen molar-refractivity contribution < 1.29 is 19.4 Å². The average molecular weight is 211 g/mol. The fourth-order valence-electron chi connectivity index (χ4n) is 3.04. The summed E-state index contributed by atoms with van der Waals surface area (Å²) in [4.78, 5) is 22.6. The van der Waals surface area contributed by atoms with Gasteiger partial charge in [-0.2, -0.15) is 0 Å². The van der Waals surface area contributed by atoms with Crippen LogP contribution in [0, 0.1) is 16.7 Å². The van der Waals surface area contributed by atoms with Crippen molar-refractivity contribution in [3.63, 3.8) is 0 Å². The highest BCUT2D eigenvalue weighted by Crippen LogP contribution is 2.61. The van der Waals surface area contributed by atoms with E-state index >= 15 is 0 Å². The van der Waals surface area contributed by atoms with Crippen molar-refractivity contribution in [1.29, 1.82) is 0 Å². The van der Waals surface area contributed by atoms with Crippen LogP contribution in [0.15, 0.2) is 0 Å². The maximum absolute atomic E-state index is 11.6. The van der Waals surface area contributed by atoms with Crippen LogP contribution in [-0.2, 0) is 14.3 Å². The minimum absolute atomic E-state index is 0.168.